The van der Waals surface area contributed by atoms with Crippen LogP contribution in [0, 0.1) is 36.1 Å². The van der Waals surface area contributed by atoms with E-state index in [2.05, 4.69) is 0 Å². The standard InChI is InChI=1S/C23H26F4O2/c1-3-28-13-17-9-10-18(22(26)21(17)25)16-7-5-15(6-8-16)12-29-19-11-4-14(2)20(24)23(19)27/h4,9-11,15-16H,3,5-8,12-13H2,1-2H3. The van der Waals surface area contributed by atoms with Gasteiger partial charge in [0.15, 0.2) is 23.2 Å². The third-order valence-electron chi connectivity index (χ3n) is 5.65. The maximum Gasteiger partial charge on any atom is 0.200 e. The monoisotopic (exact) mass is 410 g/mol. The number of halogens is 4. The molecule has 29 heavy (non-hydrogen) atoms. The highest BCUT2D eigenvalue weighted by Gasteiger charge is 2.27. The van der Waals surface area contributed by atoms with Crippen molar-refractivity contribution >= 4 is 0 Å². The van der Waals surface area contributed by atoms with Gasteiger partial charge in [0.25, 0.3) is 0 Å². The molecule has 0 unspecified atom stereocenters. The Balaban J connectivity index is 1.57. The first-order valence-electron chi connectivity index (χ1n) is 10.0. The van der Waals surface area contributed by atoms with Crippen LogP contribution in [0.5, 0.6) is 5.75 Å². The molecule has 0 heterocycles. The van der Waals surface area contributed by atoms with Gasteiger partial charge < -0.3 is 9.47 Å². The van der Waals surface area contributed by atoms with Crippen molar-refractivity contribution in [1.29, 1.82) is 0 Å². The lowest BCUT2D eigenvalue weighted by atomic mass is 9.78. The molecule has 6 heteroatoms. The first-order valence-corrected chi connectivity index (χ1v) is 10.0. The molecule has 158 valence electrons. The summed E-state index contributed by atoms with van der Waals surface area (Å²) in [6, 6.07) is 6.16. The Morgan fingerprint density at radius 3 is 2.28 bits per heavy atom. The number of benzene rings is 2. The topological polar surface area (TPSA) is 18.5 Å². The van der Waals surface area contributed by atoms with Gasteiger partial charge in [0.2, 0.25) is 5.82 Å². The SMILES string of the molecule is CCOCc1ccc(C2CCC(COc3ccc(C)c(F)c3F)CC2)c(F)c1F. The van der Waals surface area contributed by atoms with E-state index in [0.29, 0.717) is 25.0 Å². The van der Waals surface area contributed by atoms with Crippen molar-refractivity contribution in [3.8, 4) is 5.75 Å². The minimum atomic E-state index is -0.969. The molecule has 2 aromatic rings. The summed E-state index contributed by atoms with van der Waals surface area (Å²) in [6.07, 6.45) is 2.89. The Kier molecular flexibility index (Phi) is 7.17. The quantitative estimate of drug-likeness (QED) is 0.489. The van der Waals surface area contributed by atoms with Gasteiger partial charge in [-0.1, -0.05) is 18.2 Å². The molecule has 3 rings (SSSR count). The highest BCUT2D eigenvalue weighted by atomic mass is 19.2. The van der Waals surface area contributed by atoms with E-state index >= 15 is 0 Å². The van der Waals surface area contributed by atoms with E-state index in [0.717, 1.165) is 12.8 Å². The molecule has 0 atom stereocenters. The highest BCUT2D eigenvalue weighted by Crippen LogP contribution is 2.38. The largest absolute Gasteiger partial charge is 0.490 e. The van der Waals surface area contributed by atoms with Gasteiger partial charge in [-0.25, -0.2) is 13.2 Å². The highest BCUT2D eigenvalue weighted by molar-refractivity contribution is 5.31. The van der Waals surface area contributed by atoms with Gasteiger partial charge in [-0.15, -0.1) is 0 Å². The Hall–Kier alpha value is -2.08. The Morgan fingerprint density at radius 2 is 1.59 bits per heavy atom. The summed E-state index contributed by atoms with van der Waals surface area (Å²) in [5.74, 6) is -3.47. The van der Waals surface area contributed by atoms with Gasteiger partial charge >= 0.3 is 0 Å². The molecule has 0 radical (unpaired) electrons. The van der Waals surface area contributed by atoms with Crippen molar-refractivity contribution < 1.29 is 27.0 Å². The second-order valence-electron chi connectivity index (χ2n) is 7.62. The van der Waals surface area contributed by atoms with Gasteiger partial charge in [-0.3, -0.25) is 0 Å². The van der Waals surface area contributed by atoms with Crippen LogP contribution in [0.4, 0.5) is 17.6 Å². The van der Waals surface area contributed by atoms with Gasteiger partial charge in [0.1, 0.15) is 0 Å². The van der Waals surface area contributed by atoms with E-state index in [1.807, 2.05) is 0 Å². The zero-order valence-electron chi connectivity index (χ0n) is 16.7. The van der Waals surface area contributed by atoms with Crippen LogP contribution in [0.3, 0.4) is 0 Å². The van der Waals surface area contributed by atoms with Crippen molar-refractivity contribution in [3.05, 3.63) is 64.2 Å². The number of ether oxygens (including phenoxy) is 2. The smallest absolute Gasteiger partial charge is 0.200 e. The predicted molar refractivity (Wildman–Crippen MR) is 103 cm³/mol. The Morgan fingerprint density at radius 1 is 0.862 bits per heavy atom. The van der Waals surface area contributed by atoms with E-state index in [9.17, 15) is 17.6 Å². The Labute approximate surface area is 168 Å². The summed E-state index contributed by atoms with van der Waals surface area (Å²) < 4.78 is 67.0. The average molecular weight is 410 g/mol. The van der Waals surface area contributed by atoms with Gasteiger partial charge in [-0.05, 0) is 68.6 Å². The average Bonchev–Trinajstić information content (AvgIpc) is 2.73. The molecule has 0 aromatic heterocycles. The molecular formula is C23H26F4O2. The predicted octanol–water partition coefficient (Wildman–Crippen LogP) is 6.44. The van der Waals surface area contributed by atoms with Crippen LogP contribution in [-0.4, -0.2) is 13.2 Å². The van der Waals surface area contributed by atoms with Crippen molar-refractivity contribution in [3.63, 3.8) is 0 Å². The third kappa shape index (κ3) is 4.92. The molecule has 0 spiro atoms. The minimum absolute atomic E-state index is 0.0553. The summed E-state index contributed by atoms with van der Waals surface area (Å²) in [7, 11) is 0. The number of rotatable bonds is 7. The second-order valence-corrected chi connectivity index (χ2v) is 7.62. The molecule has 0 bridgehead atoms. The maximum atomic E-state index is 14.5. The molecule has 0 N–H and O–H groups in total. The molecular weight excluding hydrogens is 384 g/mol. The van der Waals surface area contributed by atoms with Gasteiger partial charge in [0, 0.05) is 12.2 Å². The van der Waals surface area contributed by atoms with Crippen LogP contribution < -0.4 is 4.74 Å². The summed E-state index contributed by atoms with van der Waals surface area (Å²) in [5.41, 5.74) is 0.855. The fourth-order valence-electron chi connectivity index (χ4n) is 3.83. The third-order valence-corrected chi connectivity index (χ3v) is 5.65. The second kappa shape index (κ2) is 9.61. The first-order chi connectivity index (χ1) is 13.9. The van der Waals surface area contributed by atoms with E-state index in [1.54, 1.807) is 19.1 Å². The zero-order chi connectivity index (χ0) is 21.0. The summed E-state index contributed by atoms with van der Waals surface area (Å²) in [6.45, 7) is 4.06. The van der Waals surface area contributed by atoms with Crippen molar-refractivity contribution in [1.82, 2.24) is 0 Å². The van der Waals surface area contributed by atoms with Crippen LogP contribution in [0.2, 0.25) is 0 Å². The lowest BCUT2D eigenvalue weighted by molar-refractivity contribution is 0.130. The van der Waals surface area contributed by atoms with Crippen LogP contribution in [0.15, 0.2) is 24.3 Å². The van der Waals surface area contributed by atoms with Crippen molar-refractivity contribution in [2.75, 3.05) is 13.2 Å². The fourth-order valence-corrected chi connectivity index (χ4v) is 3.83. The first kappa shape index (κ1) is 21.6. The molecule has 1 saturated carbocycles. The summed E-state index contributed by atoms with van der Waals surface area (Å²) in [4.78, 5) is 0. The summed E-state index contributed by atoms with van der Waals surface area (Å²) in [5, 5.41) is 0. The normalized spacial score (nSPS) is 19.4. The molecule has 1 aliphatic carbocycles. The fraction of sp³-hybridized carbons (Fsp3) is 0.478. The molecule has 1 aliphatic rings. The number of hydrogen-bond donors (Lipinski definition) is 0. The van der Waals surface area contributed by atoms with Crippen LogP contribution >= 0.6 is 0 Å². The van der Waals surface area contributed by atoms with Crippen LogP contribution in [-0.2, 0) is 11.3 Å². The lowest BCUT2D eigenvalue weighted by Gasteiger charge is -2.29. The van der Waals surface area contributed by atoms with E-state index in [4.69, 9.17) is 9.47 Å². The zero-order valence-corrected chi connectivity index (χ0v) is 16.7. The van der Waals surface area contributed by atoms with Crippen molar-refractivity contribution in [2.24, 2.45) is 5.92 Å². The molecule has 1 fully saturated rings. The molecule has 2 nitrogen and oxygen atoms in total. The molecule has 0 amide bonds. The van der Waals surface area contributed by atoms with E-state index in [-0.39, 0.29) is 41.9 Å². The Bertz CT molecular complexity index is 845. The van der Waals surface area contributed by atoms with E-state index < -0.39 is 23.3 Å². The van der Waals surface area contributed by atoms with Gasteiger partial charge in [-0.2, -0.15) is 4.39 Å². The minimum Gasteiger partial charge on any atom is -0.490 e. The maximum absolute atomic E-state index is 14.5. The summed E-state index contributed by atoms with van der Waals surface area (Å²) >= 11 is 0. The molecule has 0 aliphatic heterocycles. The number of hydrogen-bond acceptors (Lipinski definition) is 2. The van der Waals surface area contributed by atoms with Crippen LogP contribution in [0.1, 0.15) is 55.2 Å². The van der Waals surface area contributed by atoms with Crippen LogP contribution in [0.25, 0.3) is 0 Å². The van der Waals surface area contributed by atoms with E-state index in [1.165, 1.54) is 19.1 Å². The number of aryl methyl sites for hydroxylation is 1. The molecule has 2 aromatic carbocycles. The van der Waals surface area contributed by atoms with Gasteiger partial charge in [0.05, 0.1) is 13.2 Å². The lowest BCUT2D eigenvalue weighted by Crippen LogP contribution is -2.20. The van der Waals surface area contributed by atoms with Crippen molar-refractivity contribution in [2.45, 2.75) is 52.1 Å². The molecule has 0 saturated heterocycles.